The van der Waals surface area contributed by atoms with Crippen LogP contribution in [0.3, 0.4) is 0 Å². The number of carbonyl (C=O) groups excluding carboxylic acids is 1. The van der Waals surface area contributed by atoms with Crippen molar-refractivity contribution in [2.75, 3.05) is 32.8 Å². The Hall–Kier alpha value is -2.71. The van der Waals surface area contributed by atoms with E-state index >= 15 is 0 Å². The Morgan fingerprint density at radius 3 is 2.67 bits per heavy atom. The molecule has 9 heteroatoms. The van der Waals surface area contributed by atoms with Crippen LogP contribution in [-0.4, -0.2) is 64.5 Å². The van der Waals surface area contributed by atoms with Crippen molar-refractivity contribution in [2.45, 2.75) is 39.7 Å². The van der Waals surface area contributed by atoms with E-state index in [0.29, 0.717) is 51.7 Å². The fraction of sp³-hybridized carbons (Fsp3) is 0.458. The molecule has 1 aromatic heterocycles. The molecule has 1 unspecified atom stereocenters. The van der Waals surface area contributed by atoms with E-state index in [1.54, 1.807) is 18.7 Å². The van der Waals surface area contributed by atoms with Gasteiger partial charge < -0.3 is 15.4 Å². The van der Waals surface area contributed by atoms with Gasteiger partial charge in [-0.3, -0.25) is 9.69 Å². The molecule has 176 valence electrons. The Labute approximate surface area is 198 Å². The van der Waals surface area contributed by atoms with Crippen LogP contribution in [0.4, 0.5) is 4.39 Å². The topological polar surface area (TPSA) is 84.6 Å². The molecule has 2 N–H and O–H groups in total. The summed E-state index contributed by atoms with van der Waals surface area (Å²) in [6.07, 6.45) is 2.35. The van der Waals surface area contributed by atoms with E-state index in [9.17, 15) is 9.18 Å². The van der Waals surface area contributed by atoms with Crippen molar-refractivity contribution in [3.05, 3.63) is 57.5 Å². The molecule has 0 saturated carbocycles. The molecular weight excluding hydrogens is 445 g/mol. The van der Waals surface area contributed by atoms with E-state index in [2.05, 4.69) is 21.8 Å². The molecule has 0 spiro atoms. The second-order valence-corrected chi connectivity index (χ2v) is 9.09. The van der Waals surface area contributed by atoms with Gasteiger partial charge in [0.15, 0.2) is 5.82 Å². The summed E-state index contributed by atoms with van der Waals surface area (Å²) in [6.45, 7) is 8.46. The number of hydrogen-bond acceptors (Lipinski definition) is 6. The van der Waals surface area contributed by atoms with Crippen molar-refractivity contribution < 1.29 is 13.9 Å². The van der Waals surface area contributed by atoms with Gasteiger partial charge in [0.05, 0.1) is 35.1 Å². The Balaban J connectivity index is 1.48. The second kappa shape index (κ2) is 9.65. The van der Waals surface area contributed by atoms with Crippen molar-refractivity contribution in [2.24, 2.45) is 5.73 Å². The summed E-state index contributed by atoms with van der Waals surface area (Å²) >= 11 is 6.19. The number of carbonyl (C=O) groups is 1. The zero-order chi connectivity index (χ0) is 23.7. The number of amides is 1. The van der Waals surface area contributed by atoms with E-state index in [1.165, 1.54) is 31.0 Å². The van der Waals surface area contributed by atoms with Gasteiger partial charge in [-0.25, -0.2) is 14.4 Å². The van der Waals surface area contributed by atoms with E-state index < -0.39 is 5.82 Å². The van der Waals surface area contributed by atoms with Gasteiger partial charge in [-0.1, -0.05) is 11.6 Å². The summed E-state index contributed by atoms with van der Waals surface area (Å²) in [5, 5.41) is 0.514. The molecule has 1 aromatic carbocycles. The molecule has 1 amide bonds. The standard InChI is InChI=1S/C24H29ClFN5O2/c1-14-5-4-8-30(14)9-10-33-21-11-17(26)6-7-18(21)24(32)31-12-19(20(27)13-31)23-28-15(2)22(25)16(3)29-23/h6-7,11,14H,4-5,8-10,12-13,27H2,1-3H3. The predicted molar refractivity (Wildman–Crippen MR) is 126 cm³/mol. The number of rotatable bonds is 6. The van der Waals surface area contributed by atoms with Gasteiger partial charge in [0.1, 0.15) is 18.2 Å². The van der Waals surface area contributed by atoms with Gasteiger partial charge in [0, 0.05) is 29.9 Å². The molecule has 3 heterocycles. The van der Waals surface area contributed by atoms with Gasteiger partial charge in [-0.15, -0.1) is 0 Å². The first kappa shape index (κ1) is 23.4. The van der Waals surface area contributed by atoms with E-state index in [-0.39, 0.29) is 24.7 Å². The fourth-order valence-electron chi connectivity index (χ4n) is 4.41. The van der Waals surface area contributed by atoms with Crippen molar-refractivity contribution in [1.82, 2.24) is 19.8 Å². The fourth-order valence-corrected chi connectivity index (χ4v) is 4.49. The van der Waals surface area contributed by atoms with Crippen LogP contribution < -0.4 is 10.5 Å². The molecule has 7 nitrogen and oxygen atoms in total. The number of nitrogens with zero attached hydrogens (tertiary/aromatic N) is 4. The van der Waals surface area contributed by atoms with Gasteiger partial charge in [-0.2, -0.15) is 0 Å². The van der Waals surface area contributed by atoms with Crippen LogP contribution in [0.15, 0.2) is 23.9 Å². The highest BCUT2D eigenvalue weighted by atomic mass is 35.5. The lowest BCUT2D eigenvalue weighted by Crippen LogP contribution is -2.32. The molecular formula is C24H29ClFN5O2. The predicted octanol–water partition coefficient (Wildman–Crippen LogP) is 3.57. The highest BCUT2D eigenvalue weighted by molar-refractivity contribution is 6.31. The monoisotopic (exact) mass is 473 g/mol. The minimum atomic E-state index is -0.448. The van der Waals surface area contributed by atoms with Crippen LogP contribution in [0.1, 0.15) is 47.3 Å². The third-order valence-electron chi connectivity index (χ3n) is 6.34. The molecule has 2 aliphatic rings. The third kappa shape index (κ3) is 4.96. The molecule has 2 aromatic rings. The number of hydrogen-bond donors (Lipinski definition) is 1. The molecule has 0 aliphatic carbocycles. The van der Waals surface area contributed by atoms with Gasteiger partial charge in [0.2, 0.25) is 0 Å². The molecule has 33 heavy (non-hydrogen) atoms. The molecule has 1 saturated heterocycles. The highest BCUT2D eigenvalue weighted by Crippen LogP contribution is 2.29. The number of nitrogens with two attached hydrogens (primary N) is 1. The number of likely N-dealkylation sites (tertiary alicyclic amines) is 1. The largest absolute Gasteiger partial charge is 0.491 e. The average molecular weight is 474 g/mol. The Bertz CT molecular complexity index is 1080. The molecule has 1 fully saturated rings. The van der Waals surface area contributed by atoms with Crippen LogP contribution in [0, 0.1) is 19.7 Å². The Kier molecular flexibility index (Phi) is 6.86. The van der Waals surface area contributed by atoms with Crippen LogP contribution in [0.5, 0.6) is 5.75 Å². The smallest absolute Gasteiger partial charge is 0.258 e. The number of aryl methyl sites for hydroxylation is 2. The first-order chi connectivity index (χ1) is 15.7. The summed E-state index contributed by atoms with van der Waals surface area (Å²) < 4.78 is 19.8. The van der Waals surface area contributed by atoms with Crippen LogP contribution in [-0.2, 0) is 0 Å². The van der Waals surface area contributed by atoms with E-state index in [4.69, 9.17) is 22.1 Å². The normalized spacial score (nSPS) is 18.9. The Morgan fingerprint density at radius 2 is 2.00 bits per heavy atom. The van der Waals surface area contributed by atoms with Gasteiger partial charge in [0.25, 0.3) is 5.91 Å². The van der Waals surface area contributed by atoms with Crippen molar-refractivity contribution in [1.29, 1.82) is 0 Å². The first-order valence-corrected chi connectivity index (χ1v) is 11.6. The zero-order valence-corrected chi connectivity index (χ0v) is 20.0. The van der Waals surface area contributed by atoms with Gasteiger partial charge >= 0.3 is 0 Å². The van der Waals surface area contributed by atoms with Crippen LogP contribution in [0.2, 0.25) is 5.02 Å². The van der Waals surface area contributed by atoms with Crippen molar-refractivity contribution in [3.63, 3.8) is 0 Å². The number of halogens is 2. The molecule has 2 aliphatic heterocycles. The molecule has 1 atom stereocenters. The lowest BCUT2D eigenvalue weighted by atomic mass is 10.1. The summed E-state index contributed by atoms with van der Waals surface area (Å²) in [4.78, 5) is 26.2. The number of aromatic nitrogens is 2. The maximum Gasteiger partial charge on any atom is 0.258 e. The van der Waals surface area contributed by atoms with Crippen molar-refractivity contribution >= 4 is 23.1 Å². The van der Waals surface area contributed by atoms with Crippen LogP contribution in [0.25, 0.3) is 5.57 Å². The first-order valence-electron chi connectivity index (χ1n) is 11.2. The molecule has 0 bridgehead atoms. The average Bonchev–Trinajstić information content (AvgIpc) is 3.36. The summed E-state index contributed by atoms with van der Waals surface area (Å²) in [5.74, 6) is -0.0120. The summed E-state index contributed by atoms with van der Waals surface area (Å²) in [5.41, 5.74) is 9.10. The Morgan fingerprint density at radius 1 is 1.27 bits per heavy atom. The second-order valence-electron chi connectivity index (χ2n) is 8.71. The lowest BCUT2D eigenvalue weighted by Gasteiger charge is -2.22. The minimum absolute atomic E-state index is 0.236. The van der Waals surface area contributed by atoms with Gasteiger partial charge in [-0.05, 0) is 52.3 Å². The quantitative estimate of drug-likeness (QED) is 0.690. The van der Waals surface area contributed by atoms with E-state index in [1.807, 2.05) is 0 Å². The van der Waals surface area contributed by atoms with Crippen molar-refractivity contribution in [3.8, 4) is 5.75 Å². The number of benzene rings is 1. The molecule has 0 radical (unpaired) electrons. The summed E-state index contributed by atoms with van der Waals surface area (Å²) in [6, 6.07) is 4.52. The zero-order valence-electron chi connectivity index (χ0n) is 19.2. The summed E-state index contributed by atoms with van der Waals surface area (Å²) in [7, 11) is 0. The SMILES string of the molecule is Cc1nc(C2=C(N)CN(C(=O)c3ccc(F)cc3OCCN3CCCC3C)C2)nc(C)c1Cl. The van der Waals surface area contributed by atoms with Crippen LogP contribution >= 0.6 is 11.6 Å². The number of ether oxygens (including phenoxy) is 1. The highest BCUT2D eigenvalue weighted by Gasteiger charge is 2.30. The maximum absolute atomic E-state index is 14.0. The minimum Gasteiger partial charge on any atom is -0.491 e. The van der Waals surface area contributed by atoms with E-state index in [0.717, 1.165) is 13.1 Å². The lowest BCUT2D eigenvalue weighted by molar-refractivity contribution is 0.0793. The maximum atomic E-state index is 14.0. The third-order valence-corrected chi connectivity index (χ3v) is 6.89. The molecule has 4 rings (SSSR count).